The Balaban J connectivity index is 1.41. The molecule has 1 atom stereocenters. The predicted molar refractivity (Wildman–Crippen MR) is 97.2 cm³/mol. The molecule has 7 nitrogen and oxygen atoms in total. The molecule has 0 bridgehead atoms. The molecule has 1 aromatic rings. The molecule has 0 amide bonds. The molecule has 3 saturated heterocycles. The molecule has 0 aliphatic carbocycles. The van der Waals surface area contributed by atoms with Gasteiger partial charge in [0.2, 0.25) is 5.95 Å². The van der Waals surface area contributed by atoms with E-state index in [1.807, 2.05) is 4.90 Å². The Morgan fingerprint density at radius 3 is 2.76 bits per heavy atom. The zero-order valence-electron chi connectivity index (χ0n) is 14.9. The van der Waals surface area contributed by atoms with Crippen molar-refractivity contribution in [2.45, 2.75) is 37.7 Å². The van der Waals surface area contributed by atoms with Crippen molar-refractivity contribution in [3.63, 3.8) is 0 Å². The minimum absolute atomic E-state index is 0.252. The van der Waals surface area contributed by atoms with Gasteiger partial charge in [0.25, 0.3) is 0 Å². The van der Waals surface area contributed by atoms with Gasteiger partial charge in [0.1, 0.15) is 5.82 Å². The van der Waals surface area contributed by atoms with Crippen molar-refractivity contribution in [2.75, 3.05) is 62.7 Å². The summed E-state index contributed by atoms with van der Waals surface area (Å²) < 4.78 is 5.53. The molecule has 4 rings (SSSR count). The summed E-state index contributed by atoms with van der Waals surface area (Å²) in [5.41, 5.74) is 1.06. The van der Waals surface area contributed by atoms with E-state index in [0.717, 1.165) is 50.2 Å². The number of nitrogens with zero attached hydrogens (tertiary/aromatic N) is 4. The average Bonchev–Trinajstić information content (AvgIpc) is 3.14. The van der Waals surface area contributed by atoms with Crippen LogP contribution in [0.2, 0.25) is 0 Å². The third kappa shape index (κ3) is 4.22. The molecule has 0 saturated carbocycles. The molecule has 3 fully saturated rings. The third-order valence-electron chi connectivity index (χ3n) is 5.41. The van der Waals surface area contributed by atoms with Gasteiger partial charge in [-0.3, -0.25) is 0 Å². The van der Waals surface area contributed by atoms with Crippen LogP contribution in [0, 0.1) is 0 Å². The number of piperidine rings is 1. The summed E-state index contributed by atoms with van der Waals surface area (Å²) in [6, 6.07) is 2.08. The smallest absolute Gasteiger partial charge is 0.227 e. The quantitative estimate of drug-likeness (QED) is 0.797. The van der Waals surface area contributed by atoms with Gasteiger partial charge in [-0.1, -0.05) is 6.42 Å². The standard InChI is InChI=1S/C18H29N5O2/c24-15-11-23(12-15)18-20-16(14-4-9-25-13-14)10-17(21-18)19-5-8-22-6-2-1-3-7-22/h10,14-15,24H,1-9,11-13H2,(H,19,20,21)/t14-/m0/s1. The lowest BCUT2D eigenvalue weighted by Crippen LogP contribution is -2.51. The number of hydrogen-bond acceptors (Lipinski definition) is 7. The molecule has 2 N–H and O–H groups in total. The van der Waals surface area contributed by atoms with E-state index in [-0.39, 0.29) is 6.10 Å². The lowest BCUT2D eigenvalue weighted by molar-refractivity contribution is 0.140. The summed E-state index contributed by atoms with van der Waals surface area (Å²) >= 11 is 0. The Morgan fingerprint density at radius 1 is 1.20 bits per heavy atom. The summed E-state index contributed by atoms with van der Waals surface area (Å²) in [6.07, 6.45) is 4.78. The zero-order valence-corrected chi connectivity index (χ0v) is 14.9. The van der Waals surface area contributed by atoms with Crippen LogP contribution < -0.4 is 10.2 Å². The third-order valence-corrected chi connectivity index (χ3v) is 5.41. The molecule has 1 aromatic heterocycles. The second-order valence-electron chi connectivity index (χ2n) is 7.43. The van der Waals surface area contributed by atoms with Gasteiger partial charge in [0.15, 0.2) is 0 Å². The molecule has 0 spiro atoms. The summed E-state index contributed by atoms with van der Waals surface area (Å²) in [6.45, 7) is 7.19. The van der Waals surface area contributed by atoms with Gasteiger partial charge < -0.3 is 25.0 Å². The Labute approximate surface area is 149 Å². The number of likely N-dealkylation sites (tertiary alicyclic amines) is 1. The van der Waals surface area contributed by atoms with Crippen LogP contribution in [-0.4, -0.2) is 78.6 Å². The van der Waals surface area contributed by atoms with Crippen LogP contribution in [-0.2, 0) is 4.74 Å². The van der Waals surface area contributed by atoms with Gasteiger partial charge in [-0.25, -0.2) is 4.98 Å². The van der Waals surface area contributed by atoms with Crippen LogP contribution in [0.4, 0.5) is 11.8 Å². The first-order chi connectivity index (χ1) is 12.3. The number of β-amino-alcohol motifs (C(OH)–C–C–N with tert-alkyl or cyclic N) is 1. The number of rotatable bonds is 6. The van der Waals surface area contributed by atoms with E-state index in [2.05, 4.69) is 21.3 Å². The number of aliphatic hydroxyl groups excluding tert-OH is 1. The lowest BCUT2D eigenvalue weighted by Gasteiger charge is -2.36. The summed E-state index contributed by atoms with van der Waals surface area (Å²) in [5.74, 6) is 1.98. The maximum atomic E-state index is 9.58. The fourth-order valence-electron chi connectivity index (χ4n) is 3.81. The summed E-state index contributed by atoms with van der Waals surface area (Å²) in [5, 5.41) is 13.1. The van der Waals surface area contributed by atoms with Crippen molar-refractivity contribution >= 4 is 11.8 Å². The number of anilines is 2. The highest BCUT2D eigenvalue weighted by atomic mass is 16.5. The van der Waals surface area contributed by atoms with E-state index >= 15 is 0 Å². The lowest BCUT2D eigenvalue weighted by atomic mass is 10.0. The number of aliphatic hydroxyl groups is 1. The highest BCUT2D eigenvalue weighted by molar-refractivity contribution is 5.46. The Kier molecular flexibility index (Phi) is 5.33. The second-order valence-corrected chi connectivity index (χ2v) is 7.43. The normalized spacial score (nSPS) is 25.2. The van der Waals surface area contributed by atoms with Crippen LogP contribution in [0.1, 0.15) is 37.3 Å². The van der Waals surface area contributed by atoms with Crippen LogP contribution in [0.5, 0.6) is 0 Å². The first-order valence-electron chi connectivity index (χ1n) is 9.64. The van der Waals surface area contributed by atoms with E-state index in [9.17, 15) is 5.11 Å². The average molecular weight is 347 g/mol. The minimum Gasteiger partial charge on any atom is -0.389 e. The Morgan fingerprint density at radius 2 is 2.04 bits per heavy atom. The molecule has 3 aliphatic rings. The Hall–Kier alpha value is -1.44. The van der Waals surface area contributed by atoms with Crippen LogP contribution in [0.3, 0.4) is 0 Å². The highest BCUT2D eigenvalue weighted by Gasteiger charge is 2.28. The molecule has 25 heavy (non-hydrogen) atoms. The van der Waals surface area contributed by atoms with Crippen molar-refractivity contribution in [3.05, 3.63) is 11.8 Å². The van der Waals surface area contributed by atoms with E-state index < -0.39 is 0 Å². The first-order valence-corrected chi connectivity index (χ1v) is 9.64. The van der Waals surface area contributed by atoms with Crippen LogP contribution >= 0.6 is 0 Å². The van der Waals surface area contributed by atoms with Crippen molar-refractivity contribution in [1.82, 2.24) is 14.9 Å². The zero-order chi connectivity index (χ0) is 17.1. The van der Waals surface area contributed by atoms with Gasteiger partial charge in [-0.2, -0.15) is 4.98 Å². The number of nitrogens with one attached hydrogen (secondary N) is 1. The van der Waals surface area contributed by atoms with Crippen LogP contribution in [0.15, 0.2) is 6.07 Å². The van der Waals surface area contributed by atoms with E-state index in [1.54, 1.807) is 0 Å². The maximum Gasteiger partial charge on any atom is 0.227 e. The van der Waals surface area contributed by atoms with Gasteiger partial charge >= 0.3 is 0 Å². The first kappa shape index (κ1) is 17.0. The van der Waals surface area contributed by atoms with E-state index in [1.165, 1.54) is 32.4 Å². The minimum atomic E-state index is -0.252. The predicted octanol–water partition coefficient (Wildman–Crippen LogP) is 1.06. The van der Waals surface area contributed by atoms with Crippen molar-refractivity contribution in [3.8, 4) is 0 Å². The molecular weight excluding hydrogens is 318 g/mol. The highest BCUT2D eigenvalue weighted by Crippen LogP contribution is 2.28. The number of aromatic nitrogens is 2. The second kappa shape index (κ2) is 7.85. The van der Waals surface area contributed by atoms with Gasteiger partial charge in [0.05, 0.1) is 18.4 Å². The fourth-order valence-corrected chi connectivity index (χ4v) is 3.81. The van der Waals surface area contributed by atoms with Crippen molar-refractivity contribution in [2.24, 2.45) is 0 Å². The van der Waals surface area contributed by atoms with Crippen molar-refractivity contribution in [1.29, 1.82) is 0 Å². The molecular formula is C18H29N5O2. The van der Waals surface area contributed by atoms with Gasteiger partial charge in [-0.15, -0.1) is 0 Å². The maximum absolute atomic E-state index is 9.58. The number of hydrogen-bond donors (Lipinski definition) is 2. The SMILES string of the molecule is OC1CN(c2nc(NCCN3CCCCC3)cc([C@H]3CCOC3)n2)C1. The monoisotopic (exact) mass is 347 g/mol. The largest absolute Gasteiger partial charge is 0.389 e. The van der Waals surface area contributed by atoms with Crippen molar-refractivity contribution < 1.29 is 9.84 Å². The number of ether oxygens (including phenoxy) is 1. The molecule has 3 aliphatic heterocycles. The molecule has 0 aromatic carbocycles. The Bertz CT molecular complexity index is 567. The topological polar surface area (TPSA) is 73.8 Å². The molecule has 0 radical (unpaired) electrons. The van der Waals surface area contributed by atoms with Gasteiger partial charge in [0, 0.05) is 44.8 Å². The fraction of sp³-hybridized carbons (Fsp3) is 0.778. The van der Waals surface area contributed by atoms with E-state index in [0.29, 0.717) is 19.0 Å². The molecule has 138 valence electrons. The van der Waals surface area contributed by atoms with E-state index in [4.69, 9.17) is 9.72 Å². The van der Waals surface area contributed by atoms with Crippen LogP contribution in [0.25, 0.3) is 0 Å². The summed E-state index contributed by atoms with van der Waals surface area (Å²) in [7, 11) is 0. The van der Waals surface area contributed by atoms with Gasteiger partial charge in [-0.05, 0) is 32.4 Å². The molecule has 0 unspecified atom stereocenters. The molecule has 4 heterocycles. The summed E-state index contributed by atoms with van der Waals surface area (Å²) in [4.78, 5) is 14.0. The molecule has 7 heteroatoms.